The van der Waals surface area contributed by atoms with Gasteiger partial charge in [-0.15, -0.1) is 0 Å². The summed E-state index contributed by atoms with van der Waals surface area (Å²) in [6.45, 7) is 5.37. The molecule has 1 atom stereocenters. The van der Waals surface area contributed by atoms with Gasteiger partial charge in [-0.05, 0) is 26.2 Å². The van der Waals surface area contributed by atoms with Crippen LogP contribution in [0.25, 0.3) is 10.8 Å². The fourth-order valence-corrected chi connectivity index (χ4v) is 2.10. The van der Waals surface area contributed by atoms with E-state index in [9.17, 15) is 13.2 Å². The smallest absolute Gasteiger partial charge is 0.407 e. The molecule has 114 valence electrons. The summed E-state index contributed by atoms with van der Waals surface area (Å²) in [5.74, 6) is 0.199. The molecule has 0 saturated heterocycles. The topological polar surface area (TPSA) is 35.2 Å². The zero-order valence-electron chi connectivity index (χ0n) is 12.2. The first-order valence-electron chi connectivity index (χ1n) is 6.62. The summed E-state index contributed by atoms with van der Waals surface area (Å²) in [5, 5.41) is 1.44. The predicted octanol–water partition coefficient (Wildman–Crippen LogP) is 4.58. The van der Waals surface area contributed by atoms with E-state index in [0.29, 0.717) is 5.39 Å². The van der Waals surface area contributed by atoms with Crippen molar-refractivity contribution < 1.29 is 17.9 Å². The van der Waals surface area contributed by atoms with Crippen molar-refractivity contribution in [2.24, 2.45) is 5.73 Å². The highest BCUT2D eigenvalue weighted by Crippen LogP contribution is 2.40. The van der Waals surface area contributed by atoms with Crippen LogP contribution in [0.4, 0.5) is 13.2 Å². The van der Waals surface area contributed by atoms with E-state index in [2.05, 4.69) is 0 Å². The molecule has 21 heavy (non-hydrogen) atoms. The third kappa shape index (κ3) is 3.47. The zero-order valence-corrected chi connectivity index (χ0v) is 12.2. The molecule has 0 aliphatic heterocycles. The van der Waals surface area contributed by atoms with Crippen LogP contribution in [-0.2, 0) is 0 Å². The monoisotopic (exact) mass is 297 g/mol. The van der Waals surface area contributed by atoms with E-state index < -0.39 is 17.8 Å². The molecule has 2 nitrogen and oxygen atoms in total. The van der Waals surface area contributed by atoms with Crippen LogP contribution in [0.3, 0.4) is 0 Å². The van der Waals surface area contributed by atoms with Gasteiger partial charge in [-0.3, -0.25) is 0 Å². The number of rotatable bonds is 2. The summed E-state index contributed by atoms with van der Waals surface area (Å²) < 4.78 is 44.7. The van der Waals surface area contributed by atoms with Gasteiger partial charge in [0.05, 0.1) is 0 Å². The number of ether oxygens (including phenoxy) is 1. The molecule has 0 heterocycles. The Balaban J connectivity index is 2.67. The minimum Gasteiger partial charge on any atom is -0.487 e. The van der Waals surface area contributed by atoms with Crippen LogP contribution < -0.4 is 10.5 Å². The summed E-state index contributed by atoms with van der Waals surface area (Å²) in [6.07, 6.45) is -4.52. The Labute approximate surface area is 121 Å². The van der Waals surface area contributed by atoms with Gasteiger partial charge in [-0.2, -0.15) is 13.2 Å². The van der Waals surface area contributed by atoms with Crippen LogP contribution in [0.1, 0.15) is 32.4 Å². The fraction of sp³-hybridized carbons (Fsp3) is 0.375. The number of nitrogens with two attached hydrogens (primary N) is 1. The first-order chi connectivity index (χ1) is 9.59. The predicted molar refractivity (Wildman–Crippen MR) is 77.3 cm³/mol. The lowest BCUT2D eigenvalue weighted by Gasteiger charge is -2.27. The van der Waals surface area contributed by atoms with Crippen LogP contribution in [-0.4, -0.2) is 11.8 Å². The minimum absolute atomic E-state index is 0.0453. The van der Waals surface area contributed by atoms with Crippen LogP contribution in [0.5, 0.6) is 5.75 Å². The maximum Gasteiger partial charge on any atom is 0.407 e. The van der Waals surface area contributed by atoms with Crippen molar-refractivity contribution in [3.05, 3.63) is 42.0 Å². The average Bonchev–Trinajstić information content (AvgIpc) is 2.35. The fourth-order valence-electron chi connectivity index (χ4n) is 2.10. The molecule has 0 aromatic heterocycles. The summed E-state index contributed by atoms with van der Waals surface area (Å²) >= 11 is 0. The van der Waals surface area contributed by atoms with Crippen LogP contribution in [0.2, 0.25) is 0 Å². The Kier molecular flexibility index (Phi) is 3.89. The molecule has 0 aliphatic rings. The molecule has 0 amide bonds. The van der Waals surface area contributed by atoms with Gasteiger partial charge in [0, 0.05) is 10.9 Å². The third-order valence-electron chi connectivity index (χ3n) is 3.01. The van der Waals surface area contributed by atoms with Crippen molar-refractivity contribution in [3.8, 4) is 5.75 Å². The Bertz CT molecular complexity index is 644. The summed E-state index contributed by atoms with van der Waals surface area (Å²) in [5.41, 5.74) is 4.71. The normalized spacial score (nSPS) is 14.2. The number of hydrogen-bond donors (Lipinski definition) is 1. The molecule has 0 aliphatic carbocycles. The van der Waals surface area contributed by atoms with E-state index in [0.717, 1.165) is 5.39 Å². The van der Waals surface area contributed by atoms with Crippen molar-refractivity contribution in [2.45, 2.75) is 38.6 Å². The lowest BCUT2D eigenvalue weighted by atomic mass is 9.99. The van der Waals surface area contributed by atoms with Crippen molar-refractivity contribution in [3.63, 3.8) is 0 Å². The largest absolute Gasteiger partial charge is 0.487 e. The van der Waals surface area contributed by atoms with Gasteiger partial charge in [0.1, 0.15) is 17.4 Å². The molecule has 5 heteroatoms. The Morgan fingerprint density at radius 2 is 1.62 bits per heavy atom. The minimum atomic E-state index is -4.52. The van der Waals surface area contributed by atoms with Gasteiger partial charge in [0.25, 0.3) is 0 Å². The molecule has 0 unspecified atom stereocenters. The van der Waals surface area contributed by atoms with E-state index in [4.69, 9.17) is 10.5 Å². The van der Waals surface area contributed by atoms with E-state index in [-0.39, 0.29) is 11.3 Å². The van der Waals surface area contributed by atoms with Gasteiger partial charge in [-0.1, -0.05) is 36.4 Å². The number of alkyl halides is 3. The molecular formula is C16H18F3NO. The Hall–Kier alpha value is -1.75. The van der Waals surface area contributed by atoms with E-state index in [1.807, 2.05) is 12.1 Å². The molecule has 2 aromatic carbocycles. The van der Waals surface area contributed by atoms with Crippen molar-refractivity contribution in [1.29, 1.82) is 0 Å². The second kappa shape index (κ2) is 5.22. The highest BCUT2D eigenvalue weighted by molar-refractivity contribution is 5.89. The SMILES string of the molecule is CC(C)(C)Oc1c([C@H](N)C(F)(F)F)ccc2ccccc12. The molecule has 2 N–H and O–H groups in total. The second-order valence-corrected chi connectivity index (χ2v) is 5.94. The average molecular weight is 297 g/mol. The lowest BCUT2D eigenvalue weighted by molar-refractivity contribution is -0.149. The quantitative estimate of drug-likeness (QED) is 0.880. The van der Waals surface area contributed by atoms with E-state index in [1.165, 1.54) is 6.07 Å². The van der Waals surface area contributed by atoms with E-state index >= 15 is 0 Å². The number of hydrogen-bond acceptors (Lipinski definition) is 2. The number of benzene rings is 2. The number of fused-ring (bicyclic) bond motifs is 1. The summed E-state index contributed by atoms with van der Waals surface area (Å²) in [7, 11) is 0. The van der Waals surface area contributed by atoms with Crippen molar-refractivity contribution in [1.82, 2.24) is 0 Å². The van der Waals surface area contributed by atoms with Gasteiger partial charge in [-0.25, -0.2) is 0 Å². The molecule has 0 fully saturated rings. The lowest BCUT2D eigenvalue weighted by Crippen LogP contribution is -2.31. The van der Waals surface area contributed by atoms with Crippen LogP contribution in [0, 0.1) is 0 Å². The van der Waals surface area contributed by atoms with Gasteiger partial charge >= 0.3 is 6.18 Å². The summed E-state index contributed by atoms with van der Waals surface area (Å²) in [4.78, 5) is 0. The zero-order chi connectivity index (χ0) is 15.8. The van der Waals surface area contributed by atoms with Gasteiger partial charge in [0.15, 0.2) is 0 Å². The van der Waals surface area contributed by atoms with Gasteiger partial charge < -0.3 is 10.5 Å². The maximum atomic E-state index is 13.0. The maximum absolute atomic E-state index is 13.0. The molecule has 2 aromatic rings. The molecule has 0 saturated carbocycles. The molecule has 0 radical (unpaired) electrons. The van der Waals surface area contributed by atoms with Crippen molar-refractivity contribution >= 4 is 10.8 Å². The first kappa shape index (κ1) is 15.6. The highest BCUT2D eigenvalue weighted by Gasteiger charge is 2.40. The van der Waals surface area contributed by atoms with E-state index in [1.54, 1.807) is 39.0 Å². The second-order valence-electron chi connectivity index (χ2n) is 5.94. The summed E-state index contributed by atoms with van der Waals surface area (Å²) in [6, 6.07) is 8.11. The Morgan fingerprint density at radius 3 is 2.19 bits per heavy atom. The standard InChI is InChI=1S/C16H18F3NO/c1-15(2,3)21-13-11-7-5-4-6-10(11)8-9-12(13)14(20)16(17,18)19/h4-9,14H,20H2,1-3H3/t14-/m0/s1. The number of halogens is 3. The molecular weight excluding hydrogens is 279 g/mol. The van der Waals surface area contributed by atoms with Crippen molar-refractivity contribution in [2.75, 3.05) is 0 Å². The highest BCUT2D eigenvalue weighted by atomic mass is 19.4. The molecule has 0 bridgehead atoms. The first-order valence-corrected chi connectivity index (χ1v) is 6.62. The van der Waals surface area contributed by atoms with Gasteiger partial charge in [0.2, 0.25) is 0 Å². The molecule has 2 rings (SSSR count). The Morgan fingerprint density at radius 1 is 1.00 bits per heavy atom. The molecule has 0 spiro atoms. The van der Waals surface area contributed by atoms with Crippen LogP contribution >= 0.6 is 0 Å². The van der Waals surface area contributed by atoms with Crippen LogP contribution in [0.15, 0.2) is 36.4 Å². The third-order valence-corrected chi connectivity index (χ3v) is 3.01.